The van der Waals surface area contributed by atoms with E-state index in [2.05, 4.69) is 21.2 Å². The zero-order chi connectivity index (χ0) is 13.8. The number of hydrogen-bond acceptors (Lipinski definition) is 2. The van der Waals surface area contributed by atoms with E-state index in [0.29, 0.717) is 24.4 Å². The molecule has 0 aromatic heterocycles. The van der Waals surface area contributed by atoms with Gasteiger partial charge in [-0.05, 0) is 44.0 Å². The molecule has 0 unspecified atom stereocenters. The summed E-state index contributed by atoms with van der Waals surface area (Å²) < 4.78 is 0.971. The molecule has 1 aromatic carbocycles. The lowest BCUT2D eigenvalue weighted by molar-refractivity contribution is -0.121. The molecular formula is C13H18BrClN2O. The molecule has 0 saturated carbocycles. The second-order valence-corrected chi connectivity index (χ2v) is 6.29. The third-order valence-electron chi connectivity index (χ3n) is 2.37. The predicted molar refractivity (Wildman–Crippen MR) is 78.7 cm³/mol. The van der Waals surface area contributed by atoms with E-state index in [-0.39, 0.29) is 11.4 Å². The van der Waals surface area contributed by atoms with Gasteiger partial charge in [-0.2, -0.15) is 0 Å². The number of rotatable bonds is 5. The van der Waals surface area contributed by atoms with Crippen LogP contribution in [0.4, 0.5) is 0 Å². The Morgan fingerprint density at radius 3 is 2.78 bits per heavy atom. The summed E-state index contributed by atoms with van der Waals surface area (Å²) in [6, 6.07) is 5.57. The van der Waals surface area contributed by atoms with Crippen LogP contribution >= 0.6 is 27.5 Å². The number of nitrogens with two attached hydrogens (primary N) is 1. The van der Waals surface area contributed by atoms with E-state index in [0.717, 1.165) is 10.0 Å². The number of amides is 1. The maximum Gasteiger partial charge on any atom is 0.220 e. The maximum atomic E-state index is 11.6. The lowest BCUT2D eigenvalue weighted by Gasteiger charge is -2.18. The van der Waals surface area contributed by atoms with Crippen LogP contribution in [-0.2, 0) is 11.2 Å². The Bertz CT molecular complexity index is 429. The van der Waals surface area contributed by atoms with Crippen LogP contribution in [0.2, 0.25) is 5.02 Å². The van der Waals surface area contributed by atoms with Crippen LogP contribution < -0.4 is 11.1 Å². The molecule has 1 aromatic rings. The van der Waals surface area contributed by atoms with Crippen LogP contribution in [-0.4, -0.2) is 18.0 Å². The quantitative estimate of drug-likeness (QED) is 0.870. The van der Waals surface area contributed by atoms with E-state index >= 15 is 0 Å². The molecule has 0 saturated heterocycles. The van der Waals surface area contributed by atoms with Gasteiger partial charge in [0.15, 0.2) is 0 Å². The second kappa shape index (κ2) is 6.55. The first-order valence-corrected chi connectivity index (χ1v) is 6.94. The fourth-order valence-corrected chi connectivity index (χ4v) is 2.04. The first-order chi connectivity index (χ1) is 8.28. The summed E-state index contributed by atoms with van der Waals surface area (Å²) in [6.45, 7) is 4.23. The summed E-state index contributed by atoms with van der Waals surface area (Å²) in [5.41, 5.74) is 6.44. The van der Waals surface area contributed by atoms with Gasteiger partial charge in [-0.15, -0.1) is 0 Å². The molecule has 0 heterocycles. The van der Waals surface area contributed by atoms with Crippen molar-refractivity contribution in [2.75, 3.05) is 6.54 Å². The zero-order valence-electron chi connectivity index (χ0n) is 10.6. The standard InChI is InChI=1S/C13H18BrClN2O/c1-13(2,16)8-17-12(18)6-3-9-7-10(15)4-5-11(9)14/h4-5,7H,3,6,8,16H2,1-2H3,(H,17,18). The maximum absolute atomic E-state index is 11.6. The first kappa shape index (κ1) is 15.5. The van der Waals surface area contributed by atoms with Crippen LogP contribution in [0.1, 0.15) is 25.8 Å². The third kappa shape index (κ3) is 5.85. The summed E-state index contributed by atoms with van der Waals surface area (Å²) in [5, 5.41) is 3.49. The number of benzene rings is 1. The van der Waals surface area contributed by atoms with Gasteiger partial charge in [0.25, 0.3) is 0 Å². The highest BCUT2D eigenvalue weighted by Gasteiger charge is 2.12. The molecule has 3 N–H and O–H groups in total. The van der Waals surface area contributed by atoms with Gasteiger partial charge in [0.05, 0.1) is 0 Å². The third-order valence-corrected chi connectivity index (χ3v) is 3.38. The summed E-state index contributed by atoms with van der Waals surface area (Å²) >= 11 is 9.36. The van der Waals surface area contributed by atoms with Gasteiger partial charge >= 0.3 is 0 Å². The highest BCUT2D eigenvalue weighted by atomic mass is 79.9. The van der Waals surface area contributed by atoms with Gasteiger partial charge in [0.2, 0.25) is 5.91 Å². The molecule has 0 aliphatic heterocycles. The van der Waals surface area contributed by atoms with Crippen molar-refractivity contribution in [2.45, 2.75) is 32.2 Å². The smallest absolute Gasteiger partial charge is 0.220 e. The molecule has 100 valence electrons. The van der Waals surface area contributed by atoms with E-state index < -0.39 is 0 Å². The largest absolute Gasteiger partial charge is 0.354 e. The molecule has 0 spiro atoms. The number of carbonyl (C=O) groups is 1. The Morgan fingerprint density at radius 1 is 1.50 bits per heavy atom. The lowest BCUT2D eigenvalue weighted by Crippen LogP contribution is -2.45. The Morgan fingerprint density at radius 2 is 2.17 bits per heavy atom. The lowest BCUT2D eigenvalue weighted by atomic mass is 10.1. The molecule has 0 aliphatic carbocycles. The van der Waals surface area contributed by atoms with Crippen LogP contribution in [0.15, 0.2) is 22.7 Å². The fourth-order valence-electron chi connectivity index (χ4n) is 1.40. The number of hydrogen-bond donors (Lipinski definition) is 2. The van der Waals surface area contributed by atoms with Crippen molar-refractivity contribution < 1.29 is 4.79 Å². The number of nitrogens with one attached hydrogen (secondary N) is 1. The van der Waals surface area contributed by atoms with Gasteiger partial charge in [-0.3, -0.25) is 4.79 Å². The van der Waals surface area contributed by atoms with E-state index in [1.807, 2.05) is 32.0 Å². The molecule has 0 fully saturated rings. The highest BCUT2D eigenvalue weighted by molar-refractivity contribution is 9.10. The summed E-state index contributed by atoms with van der Waals surface area (Å²) in [6.07, 6.45) is 1.08. The predicted octanol–water partition coefficient (Wildman–Crippen LogP) is 2.89. The summed E-state index contributed by atoms with van der Waals surface area (Å²) in [4.78, 5) is 11.6. The first-order valence-electron chi connectivity index (χ1n) is 5.77. The highest BCUT2D eigenvalue weighted by Crippen LogP contribution is 2.22. The Labute approximate surface area is 121 Å². The Balaban J connectivity index is 2.45. The minimum absolute atomic E-state index is 0.000371. The topological polar surface area (TPSA) is 55.1 Å². The summed E-state index contributed by atoms with van der Waals surface area (Å²) in [7, 11) is 0. The normalized spacial score (nSPS) is 11.4. The van der Waals surface area contributed by atoms with Gasteiger partial charge in [0, 0.05) is 28.0 Å². The van der Waals surface area contributed by atoms with Crippen molar-refractivity contribution in [3.8, 4) is 0 Å². The van der Waals surface area contributed by atoms with E-state index in [1.54, 1.807) is 0 Å². The number of carbonyl (C=O) groups excluding carboxylic acids is 1. The van der Waals surface area contributed by atoms with E-state index in [9.17, 15) is 4.79 Å². The average molecular weight is 334 g/mol. The molecule has 1 rings (SSSR count). The van der Waals surface area contributed by atoms with Crippen molar-refractivity contribution in [3.63, 3.8) is 0 Å². The SMILES string of the molecule is CC(C)(N)CNC(=O)CCc1cc(Cl)ccc1Br. The molecule has 0 atom stereocenters. The molecular weight excluding hydrogens is 316 g/mol. The van der Waals surface area contributed by atoms with Crippen LogP contribution in [0.5, 0.6) is 0 Å². The molecule has 0 aliphatic rings. The molecule has 0 radical (unpaired) electrons. The van der Waals surface area contributed by atoms with Crippen LogP contribution in [0.25, 0.3) is 0 Å². The van der Waals surface area contributed by atoms with Crippen molar-refractivity contribution >= 4 is 33.4 Å². The Kier molecular flexibility index (Phi) is 5.63. The average Bonchev–Trinajstić information content (AvgIpc) is 2.26. The summed E-state index contributed by atoms with van der Waals surface area (Å²) in [5.74, 6) is 0.000371. The van der Waals surface area contributed by atoms with Gasteiger partial charge in [0.1, 0.15) is 0 Å². The van der Waals surface area contributed by atoms with Crippen LogP contribution in [0.3, 0.4) is 0 Å². The molecule has 5 heteroatoms. The van der Waals surface area contributed by atoms with E-state index in [1.165, 1.54) is 0 Å². The molecule has 1 amide bonds. The van der Waals surface area contributed by atoms with Gasteiger partial charge < -0.3 is 11.1 Å². The van der Waals surface area contributed by atoms with Crippen molar-refractivity contribution in [3.05, 3.63) is 33.3 Å². The second-order valence-electron chi connectivity index (χ2n) is 5.00. The fraction of sp³-hybridized carbons (Fsp3) is 0.462. The minimum atomic E-state index is -0.383. The van der Waals surface area contributed by atoms with Gasteiger partial charge in [-0.25, -0.2) is 0 Å². The molecule has 0 bridgehead atoms. The van der Waals surface area contributed by atoms with Crippen molar-refractivity contribution in [2.24, 2.45) is 5.73 Å². The number of aryl methyl sites for hydroxylation is 1. The molecule has 18 heavy (non-hydrogen) atoms. The molecule has 3 nitrogen and oxygen atoms in total. The minimum Gasteiger partial charge on any atom is -0.354 e. The van der Waals surface area contributed by atoms with E-state index in [4.69, 9.17) is 17.3 Å². The van der Waals surface area contributed by atoms with Crippen molar-refractivity contribution in [1.82, 2.24) is 5.32 Å². The number of halogens is 2. The van der Waals surface area contributed by atoms with Crippen LogP contribution in [0, 0.1) is 0 Å². The Hall–Kier alpha value is -0.580. The zero-order valence-corrected chi connectivity index (χ0v) is 12.9. The monoisotopic (exact) mass is 332 g/mol. The van der Waals surface area contributed by atoms with Gasteiger partial charge in [-0.1, -0.05) is 27.5 Å². The van der Waals surface area contributed by atoms with Crippen molar-refractivity contribution in [1.29, 1.82) is 0 Å².